The summed E-state index contributed by atoms with van der Waals surface area (Å²) in [6, 6.07) is 7.94. The number of hydrogen-bond acceptors (Lipinski definition) is 7. The van der Waals surface area contributed by atoms with Gasteiger partial charge in [-0.15, -0.1) is 6.58 Å². The van der Waals surface area contributed by atoms with Crippen LogP contribution in [0.2, 0.25) is 0 Å². The maximum atomic E-state index is 13.6. The fourth-order valence-electron chi connectivity index (χ4n) is 4.34. The molecule has 0 aliphatic carbocycles. The molecule has 4 heterocycles. The molecule has 36 heavy (non-hydrogen) atoms. The second kappa shape index (κ2) is 10.2. The van der Waals surface area contributed by atoms with Crippen LogP contribution < -0.4 is 10.2 Å². The van der Waals surface area contributed by atoms with Crippen molar-refractivity contribution >= 4 is 11.9 Å². The number of ether oxygens (including phenoxy) is 2. The number of rotatable bonds is 7. The second-order valence-electron chi connectivity index (χ2n) is 9.30. The van der Waals surface area contributed by atoms with Gasteiger partial charge in [-0.1, -0.05) is 6.08 Å². The number of hydrogen-bond donors (Lipinski definition) is 2. The molecule has 2 aromatic heterocycles. The fourth-order valence-corrected chi connectivity index (χ4v) is 4.34. The van der Waals surface area contributed by atoms with Gasteiger partial charge < -0.3 is 24.7 Å². The number of carbonyl (C=O) groups is 1. The number of aromatic amines is 1. The summed E-state index contributed by atoms with van der Waals surface area (Å²) in [4.78, 5) is 32.0. The van der Waals surface area contributed by atoms with Crippen LogP contribution in [0.15, 0.2) is 49.2 Å². The van der Waals surface area contributed by atoms with Gasteiger partial charge in [0, 0.05) is 31.4 Å². The molecule has 1 amide bonds. The minimum atomic E-state index is -0.827. The van der Waals surface area contributed by atoms with Crippen LogP contribution in [-0.2, 0) is 14.3 Å². The lowest BCUT2D eigenvalue weighted by atomic mass is 9.91. The first-order valence-corrected chi connectivity index (χ1v) is 12.0. The van der Waals surface area contributed by atoms with Gasteiger partial charge in [-0.05, 0) is 50.1 Å². The predicted octanol–water partition coefficient (Wildman–Crippen LogP) is 3.63. The molecule has 0 spiro atoms. The van der Waals surface area contributed by atoms with Crippen molar-refractivity contribution < 1.29 is 18.7 Å². The third-order valence-electron chi connectivity index (χ3n) is 6.41. The van der Waals surface area contributed by atoms with Crippen LogP contribution in [0.25, 0.3) is 22.6 Å². The Labute approximate surface area is 208 Å². The Kier molecular flexibility index (Phi) is 6.80. The third kappa shape index (κ3) is 4.87. The summed E-state index contributed by atoms with van der Waals surface area (Å²) in [6.07, 6.45) is 4.79. The van der Waals surface area contributed by atoms with Crippen LogP contribution >= 0.6 is 0 Å². The summed E-state index contributed by atoms with van der Waals surface area (Å²) in [5, 5.41) is 2.80. The summed E-state index contributed by atoms with van der Waals surface area (Å²) in [5.41, 5.74) is 1.81. The molecule has 3 aromatic rings. The summed E-state index contributed by atoms with van der Waals surface area (Å²) < 4.78 is 25.5. The van der Waals surface area contributed by atoms with Crippen molar-refractivity contribution in [1.82, 2.24) is 25.3 Å². The van der Waals surface area contributed by atoms with Gasteiger partial charge in [-0.2, -0.15) is 0 Å². The predicted molar refractivity (Wildman–Crippen MR) is 132 cm³/mol. The van der Waals surface area contributed by atoms with E-state index in [2.05, 4.69) is 26.8 Å². The van der Waals surface area contributed by atoms with E-state index >= 15 is 0 Å². The molecular weight excluding hydrogens is 463 g/mol. The van der Waals surface area contributed by atoms with Crippen molar-refractivity contribution in [2.45, 2.75) is 26.1 Å². The molecule has 0 atom stereocenters. The zero-order valence-corrected chi connectivity index (χ0v) is 20.2. The van der Waals surface area contributed by atoms with E-state index < -0.39 is 11.7 Å². The molecule has 188 valence electrons. The molecule has 0 bridgehead atoms. The van der Waals surface area contributed by atoms with Gasteiger partial charge in [0.25, 0.3) is 0 Å². The molecule has 2 aliphatic heterocycles. The van der Waals surface area contributed by atoms with E-state index in [1.165, 1.54) is 12.1 Å². The molecule has 0 unspecified atom stereocenters. The standard InChI is InChI=1S/C26H29FN6O3/c1-3-11-28-24(34)26(2)15-35-23(36-16-26)22-31-20(17-6-8-18(27)9-7-17)21(32-22)19-10-12-29-25(30-19)33-13-4-5-14-33/h3,6-10,12,23H,1,4-5,11,13-16H2,2H3,(H,28,34)(H,31,32). The Bertz CT molecular complexity index is 1230. The first-order chi connectivity index (χ1) is 17.5. The number of aromatic nitrogens is 4. The van der Waals surface area contributed by atoms with Crippen molar-refractivity contribution in [3.05, 3.63) is 60.8 Å². The van der Waals surface area contributed by atoms with Crippen molar-refractivity contribution in [2.75, 3.05) is 37.7 Å². The van der Waals surface area contributed by atoms with Crippen LogP contribution in [0.4, 0.5) is 10.3 Å². The van der Waals surface area contributed by atoms with Gasteiger partial charge in [0.05, 0.1) is 35.7 Å². The molecule has 2 fully saturated rings. The highest BCUT2D eigenvalue weighted by molar-refractivity contribution is 5.82. The SMILES string of the molecule is C=CCNC(=O)C1(C)COC(c2nc(-c3ccc(F)cc3)c(-c3ccnc(N4CCCC4)n3)[nH]2)OC1. The minimum absolute atomic E-state index is 0.162. The van der Waals surface area contributed by atoms with Gasteiger partial charge in [0.1, 0.15) is 5.82 Å². The minimum Gasteiger partial charge on any atom is -0.352 e. The smallest absolute Gasteiger partial charge is 0.230 e. The van der Waals surface area contributed by atoms with Gasteiger partial charge in [0.2, 0.25) is 18.1 Å². The Morgan fingerprint density at radius 1 is 1.22 bits per heavy atom. The summed E-state index contributed by atoms with van der Waals surface area (Å²) in [6.45, 7) is 7.96. The van der Waals surface area contributed by atoms with E-state index in [1.54, 1.807) is 31.3 Å². The quantitative estimate of drug-likeness (QED) is 0.485. The topological polar surface area (TPSA) is 105 Å². The lowest BCUT2D eigenvalue weighted by Gasteiger charge is -2.35. The Morgan fingerprint density at radius 3 is 2.64 bits per heavy atom. The number of H-pyrrole nitrogens is 1. The molecule has 0 saturated carbocycles. The van der Waals surface area contributed by atoms with Crippen LogP contribution in [0.5, 0.6) is 0 Å². The number of carbonyl (C=O) groups excluding carboxylic acids is 1. The van der Waals surface area contributed by atoms with E-state index in [0.717, 1.165) is 31.5 Å². The largest absolute Gasteiger partial charge is 0.352 e. The zero-order valence-electron chi connectivity index (χ0n) is 20.2. The van der Waals surface area contributed by atoms with Crippen molar-refractivity contribution in [1.29, 1.82) is 0 Å². The number of anilines is 1. The summed E-state index contributed by atoms with van der Waals surface area (Å²) in [5.74, 6) is 0.614. The zero-order chi connectivity index (χ0) is 25.1. The number of halogens is 1. The van der Waals surface area contributed by atoms with E-state index in [4.69, 9.17) is 19.4 Å². The normalized spacial score (nSPS) is 21.9. The Balaban J connectivity index is 1.45. The van der Waals surface area contributed by atoms with Crippen LogP contribution in [0.1, 0.15) is 31.9 Å². The van der Waals surface area contributed by atoms with Gasteiger partial charge in [-0.25, -0.2) is 19.3 Å². The van der Waals surface area contributed by atoms with Crippen LogP contribution in [0, 0.1) is 11.2 Å². The van der Waals surface area contributed by atoms with Crippen LogP contribution in [-0.4, -0.2) is 58.7 Å². The average molecular weight is 493 g/mol. The number of nitrogens with zero attached hydrogens (tertiary/aromatic N) is 4. The highest BCUT2D eigenvalue weighted by atomic mass is 19.1. The average Bonchev–Trinajstić information content (AvgIpc) is 3.59. The van der Waals surface area contributed by atoms with Crippen molar-refractivity contribution in [2.24, 2.45) is 5.41 Å². The molecule has 10 heteroatoms. The Morgan fingerprint density at radius 2 is 1.94 bits per heavy atom. The molecule has 9 nitrogen and oxygen atoms in total. The first kappa shape index (κ1) is 24.1. The molecular formula is C26H29FN6O3. The van der Waals surface area contributed by atoms with Crippen molar-refractivity contribution in [3.63, 3.8) is 0 Å². The monoisotopic (exact) mass is 492 g/mol. The molecule has 0 radical (unpaired) electrons. The van der Waals surface area contributed by atoms with Gasteiger partial charge in [-0.3, -0.25) is 4.79 Å². The summed E-state index contributed by atoms with van der Waals surface area (Å²) in [7, 11) is 0. The summed E-state index contributed by atoms with van der Waals surface area (Å²) >= 11 is 0. The van der Waals surface area contributed by atoms with E-state index in [-0.39, 0.29) is 24.9 Å². The number of benzene rings is 1. The van der Waals surface area contributed by atoms with E-state index in [1.807, 2.05) is 6.07 Å². The third-order valence-corrected chi connectivity index (χ3v) is 6.41. The first-order valence-electron chi connectivity index (χ1n) is 12.0. The lowest BCUT2D eigenvalue weighted by molar-refractivity contribution is -0.230. The molecule has 5 rings (SSSR count). The Hall–Kier alpha value is -3.63. The molecule has 2 aliphatic rings. The van der Waals surface area contributed by atoms with Crippen molar-refractivity contribution in [3.8, 4) is 22.6 Å². The highest BCUT2D eigenvalue weighted by Gasteiger charge is 2.40. The molecule has 2 N–H and O–H groups in total. The van der Waals surface area contributed by atoms with Crippen LogP contribution in [0.3, 0.4) is 0 Å². The highest BCUT2D eigenvalue weighted by Crippen LogP contribution is 2.36. The van der Waals surface area contributed by atoms with E-state index in [9.17, 15) is 9.18 Å². The number of nitrogens with one attached hydrogen (secondary N) is 2. The maximum absolute atomic E-state index is 13.6. The fraction of sp³-hybridized carbons (Fsp3) is 0.385. The maximum Gasteiger partial charge on any atom is 0.230 e. The molecule has 1 aromatic carbocycles. The number of imidazole rings is 1. The second-order valence-corrected chi connectivity index (χ2v) is 9.30. The van der Waals surface area contributed by atoms with Gasteiger partial charge in [0.15, 0.2) is 5.82 Å². The van der Waals surface area contributed by atoms with E-state index in [0.29, 0.717) is 35.4 Å². The number of amides is 1. The molecule has 2 saturated heterocycles. The lowest BCUT2D eigenvalue weighted by Crippen LogP contribution is -2.48. The van der Waals surface area contributed by atoms with Gasteiger partial charge >= 0.3 is 0 Å².